The highest BCUT2D eigenvalue weighted by molar-refractivity contribution is 7.15. The van der Waals surface area contributed by atoms with Crippen molar-refractivity contribution in [1.29, 1.82) is 0 Å². The average molecular weight is 244 g/mol. The van der Waals surface area contributed by atoms with Gasteiger partial charge in [0.05, 0.1) is 5.69 Å². The normalized spacial score (nSPS) is 11.5. The van der Waals surface area contributed by atoms with Crippen molar-refractivity contribution in [2.75, 3.05) is 5.32 Å². The Balaban J connectivity index is 2.85. The summed E-state index contributed by atoms with van der Waals surface area (Å²) in [4.78, 5) is 10.5. The van der Waals surface area contributed by atoms with Crippen LogP contribution in [-0.2, 0) is 4.79 Å². The average Bonchev–Trinajstić information content (AvgIpc) is 2.34. The van der Waals surface area contributed by atoms with Gasteiger partial charge in [0, 0.05) is 0 Å². The Morgan fingerprint density at radius 2 is 2.14 bits per heavy atom. The molecule has 0 saturated carbocycles. The standard InChI is InChI=1S/C7H5ClF3NOS/c1-3-2-14-5(8)4(3)12-6(13)7(9,10)11/h2H,1H3,(H,12,13). The Morgan fingerprint density at radius 3 is 2.50 bits per heavy atom. The van der Waals surface area contributed by atoms with E-state index in [1.807, 2.05) is 0 Å². The van der Waals surface area contributed by atoms with Gasteiger partial charge in [-0.05, 0) is 17.9 Å². The molecule has 14 heavy (non-hydrogen) atoms. The lowest BCUT2D eigenvalue weighted by molar-refractivity contribution is -0.167. The SMILES string of the molecule is Cc1csc(Cl)c1NC(=O)C(F)(F)F. The van der Waals surface area contributed by atoms with Gasteiger partial charge in [-0.25, -0.2) is 0 Å². The molecular formula is C7H5ClF3NOS. The number of carbonyl (C=O) groups is 1. The fourth-order valence-corrected chi connectivity index (χ4v) is 1.80. The molecule has 1 amide bonds. The Labute approximate surface area is 86.7 Å². The van der Waals surface area contributed by atoms with Gasteiger partial charge in [0.2, 0.25) is 0 Å². The van der Waals surface area contributed by atoms with E-state index < -0.39 is 12.1 Å². The number of hydrogen-bond donors (Lipinski definition) is 1. The van der Waals surface area contributed by atoms with Crippen molar-refractivity contribution in [3.63, 3.8) is 0 Å². The van der Waals surface area contributed by atoms with Crippen LogP contribution in [0.25, 0.3) is 0 Å². The first kappa shape index (κ1) is 11.3. The molecule has 1 aromatic heterocycles. The van der Waals surface area contributed by atoms with Gasteiger partial charge in [-0.3, -0.25) is 4.79 Å². The monoisotopic (exact) mass is 243 g/mol. The van der Waals surface area contributed by atoms with Crippen LogP contribution in [0.1, 0.15) is 5.56 Å². The summed E-state index contributed by atoms with van der Waals surface area (Å²) in [7, 11) is 0. The molecule has 7 heteroatoms. The fraction of sp³-hybridized carbons (Fsp3) is 0.286. The van der Waals surface area contributed by atoms with E-state index in [-0.39, 0.29) is 10.0 Å². The van der Waals surface area contributed by atoms with Crippen LogP contribution in [0.15, 0.2) is 5.38 Å². The molecule has 1 heterocycles. The molecule has 0 spiro atoms. The zero-order valence-electron chi connectivity index (χ0n) is 6.91. The van der Waals surface area contributed by atoms with Crippen molar-refractivity contribution in [1.82, 2.24) is 0 Å². The molecule has 0 radical (unpaired) electrons. The van der Waals surface area contributed by atoms with Crippen molar-refractivity contribution in [3.05, 3.63) is 15.3 Å². The van der Waals surface area contributed by atoms with E-state index in [4.69, 9.17) is 11.6 Å². The van der Waals surface area contributed by atoms with Crippen LogP contribution in [0.2, 0.25) is 4.34 Å². The number of hydrogen-bond acceptors (Lipinski definition) is 2. The maximum absolute atomic E-state index is 11.9. The Hall–Kier alpha value is -0.750. The summed E-state index contributed by atoms with van der Waals surface area (Å²) in [6, 6.07) is 0. The van der Waals surface area contributed by atoms with Gasteiger partial charge < -0.3 is 5.32 Å². The minimum atomic E-state index is -4.89. The van der Waals surface area contributed by atoms with Gasteiger partial charge in [0.15, 0.2) is 0 Å². The van der Waals surface area contributed by atoms with Gasteiger partial charge in [-0.2, -0.15) is 13.2 Å². The first-order valence-corrected chi connectivity index (χ1v) is 4.70. The van der Waals surface area contributed by atoms with Crippen molar-refractivity contribution >= 4 is 34.5 Å². The van der Waals surface area contributed by atoms with Crippen molar-refractivity contribution in [3.8, 4) is 0 Å². The smallest absolute Gasteiger partial charge is 0.316 e. The highest BCUT2D eigenvalue weighted by atomic mass is 35.5. The molecule has 1 rings (SSSR count). The van der Waals surface area contributed by atoms with Crippen LogP contribution >= 0.6 is 22.9 Å². The molecule has 0 aliphatic carbocycles. The fourth-order valence-electron chi connectivity index (χ4n) is 0.745. The summed E-state index contributed by atoms with van der Waals surface area (Å²) in [5.74, 6) is -2.01. The quantitative estimate of drug-likeness (QED) is 0.806. The topological polar surface area (TPSA) is 29.1 Å². The lowest BCUT2D eigenvalue weighted by Gasteiger charge is -2.07. The zero-order chi connectivity index (χ0) is 10.9. The molecule has 0 fully saturated rings. The number of carbonyl (C=O) groups excluding carboxylic acids is 1. The minimum absolute atomic E-state index is 0.0268. The summed E-state index contributed by atoms with van der Waals surface area (Å²) in [5.41, 5.74) is 0.539. The van der Waals surface area contributed by atoms with Gasteiger partial charge in [0.25, 0.3) is 0 Å². The number of rotatable bonds is 1. The summed E-state index contributed by atoms with van der Waals surface area (Å²) in [6.45, 7) is 1.56. The van der Waals surface area contributed by atoms with E-state index in [0.29, 0.717) is 5.56 Å². The van der Waals surface area contributed by atoms with Gasteiger partial charge >= 0.3 is 12.1 Å². The number of amides is 1. The third-order valence-electron chi connectivity index (χ3n) is 1.43. The molecular weight excluding hydrogens is 239 g/mol. The third-order valence-corrected chi connectivity index (χ3v) is 2.76. The molecule has 0 aliphatic heterocycles. The lowest BCUT2D eigenvalue weighted by Crippen LogP contribution is -2.30. The van der Waals surface area contributed by atoms with Crippen LogP contribution < -0.4 is 5.32 Å². The van der Waals surface area contributed by atoms with Crippen LogP contribution in [0.4, 0.5) is 18.9 Å². The summed E-state index contributed by atoms with van der Waals surface area (Å²) >= 11 is 6.64. The largest absolute Gasteiger partial charge is 0.471 e. The molecule has 0 unspecified atom stereocenters. The predicted molar refractivity (Wildman–Crippen MR) is 48.8 cm³/mol. The Morgan fingerprint density at radius 1 is 1.57 bits per heavy atom. The van der Waals surface area contributed by atoms with Gasteiger partial charge in [-0.15, -0.1) is 11.3 Å². The van der Waals surface area contributed by atoms with E-state index in [2.05, 4.69) is 0 Å². The Bertz CT molecular complexity index is 341. The number of alkyl halides is 3. The van der Waals surface area contributed by atoms with E-state index >= 15 is 0 Å². The van der Waals surface area contributed by atoms with Crippen LogP contribution in [-0.4, -0.2) is 12.1 Å². The molecule has 0 atom stereocenters. The zero-order valence-corrected chi connectivity index (χ0v) is 8.48. The lowest BCUT2D eigenvalue weighted by atomic mass is 10.3. The summed E-state index contributed by atoms with van der Waals surface area (Å²) in [5, 5.41) is 3.28. The molecule has 1 N–H and O–H groups in total. The number of halogens is 4. The number of nitrogens with one attached hydrogen (secondary N) is 1. The maximum Gasteiger partial charge on any atom is 0.471 e. The molecule has 0 aliphatic rings. The second kappa shape index (κ2) is 3.78. The van der Waals surface area contributed by atoms with Gasteiger partial charge in [0.1, 0.15) is 4.34 Å². The highest BCUT2D eigenvalue weighted by Gasteiger charge is 2.39. The van der Waals surface area contributed by atoms with Gasteiger partial charge in [-0.1, -0.05) is 11.6 Å². The number of anilines is 1. The molecule has 1 aromatic rings. The van der Waals surface area contributed by atoms with Crippen LogP contribution in [0.5, 0.6) is 0 Å². The predicted octanol–water partition coefficient (Wildman–Crippen LogP) is 3.21. The van der Waals surface area contributed by atoms with Crippen molar-refractivity contribution in [2.45, 2.75) is 13.1 Å². The first-order valence-electron chi connectivity index (χ1n) is 3.44. The summed E-state index contributed by atoms with van der Waals surface area (Å²) in [6.07, 6.45) is -4.89. The molecule has 0 bridgehead atoms. The van der Waals surface area contributed by atoms with E-state index in [1.165, 1.54) is 0 Å². The first-order chi connectivity index (χ1) is 6.32. The highest BCUT2D eigenvalue weighted by Crippen LogP contribution is 2.33. The molecule has 78 valence electrons. The third kappa shape index (κ3) is 2.39. The van der Waals surface area contributed by atoms with Crippen molar-refractivity contribution < 1.29 is 18.0 Å². The Kier molecular flexibility index (Phi) is 3.06. The van der Waals surface area contributed by atoms with Crippen molar-refractivity contribution in [2.24, 2.45) is 0 Å². The van der Waals surface area contributed by atoms with Crippen LogP contribution in [0.3, 0.4) is 0 Å². The number of thiophene rings is 1. The van der Waals surface area contributed by atoms with E-state index in [9.17, 15) is 18.0 Å². The van der Waals surface area contributed by atoms with E-state index in [1.54, 1.807) is 17.6 Å². The molecule has 0 aromatic carbocycles. The van der Waals surface area contributed by atoms with Crippen LogP contribution in [0, 0.1) is 6.92 Å². The summed E-state index contributed by atoms with van der Waals surface area (Å²) < 4.78 is 35.7. The minimum Gasteiger partial charge on any atom is -0.316 e. The second-order valence-electron chi connectivity index (χ2n) is 2.52. The van der Waals surface area contributed by atoms with E-state index in [0.717, 1.165) is 11.3 Å². The maximum atomic E-state index is 11.9. The number of aryl methyl sites for hydroxylation is 1. The molecule has 2 nitrogen and oxygen atoms in total. The molecule has 0 saturated heterocycles. The second-order valence-corrected chi connectivity index (χ2v) is 4.00.